The average molecular weight is 266 g/mol. The van der Waals surface area contributed by atoms with Crippen molar-refractivity contribution in [3.05, 3.63) is 58.9 Å². The molecule has 0 saturated heterocycles. The van der Waals surface area contributed by atoms with Crippen molar-refractivity contribution in [2.24, 2.45) is 0 Å². The summed E-state index contributed by atoms with van der Waals surface area (Å²) in [7, 11) is 0. The fraction of sp³-hybridized carbons (Fsp3) is 0.250. The second-order valence-corrected chi connectivity index (χ2v) is 4.04. The number of benzene rings is 2. The van der Waals surface area contributed by atoms with Crippen molar-refractivity contribution in [2.75, 3.05) is 0 Å². The number of aryl methyl sites for hydroxylation is 2. The van der Waals surface area contributed by atoms with Crippen LogP contribution < -0.4 is 0 Å². The molecule has 0 radical (unpaired) electrons. The van der Waals surface area contributed by atoms with E-state index in [4.69, 9.17) is 0 Å². The molecule has 2 rings (SSSR count). The van der Waals surface area contributed by atoms with Crippen LogP contribution in [0.1, 0.15) is 25.0 Å². The smallest absolute Gasteiger partial charge is 0.167 e. The summed E-state index contributed by atoms with van der Waals surface area (Å²) in [4.78, 5) is 0. The van der Waals surface area contributed by atoms with E-state index in [0.29, 0.717) is 0 Å². The molecule has 0 aliphatic heterocycles. The van der Waals surface area contributed by atoms with Crippen molar-refractivity contribution in [3.8, 4) is 11.1 Å². The van der Waals surface area contributed by atoms with E-state index in [1.165, 1.54) is 31.2 Å². The summed E-state index contributed by atoms with van der Waals surface area (Å²) in [5.74, 6) is -2.48. The summed E-state index contributed by atoms with van der Waals surface area (Å²) in [6.07, 6.45) is 0. The Morgan fingerprint density at radius 2 is 1.32 bits per heavy atom. The molecule has 2 aromatic rings. The largest absolute Gasteiger partial charge is 0.206 e. The Hall–Kier alpha value is -1.77. The van der Waals surface area contributed by atoms with Crippen molar-refractivity contribution >= 4 is 0 Å². The number of halogens is 3. The lowest BCUT2D eigenvalue weighted by Crippen LogP contribution is -1.95. The van der Waals surface area contributed by atoms with Crippen LogP contribution in [-0.4, -0.2) is 0 Å². The van der Waals surface area contributed by atoms with Crippen molar-refractivity contribution in [1.82, 2.24) is 0 Å². The Balaban J connectivity index is 0.000000861. The summed E-state index contributed by atoms with van der Waals surface area (Å²) in [5, 5.41) is 0. The molecular formula is C16H17F3. The molecule has 0 amide bonds. The SMILES string of the molecule is CC.Cc1ccc(-c2ccc(C)c(F)c2F)c(F)c1. The Morgan fingerprint density at radius 1 is 0.737 bits per heavy atom. The van der Waals surface area contributed by atoms with Gasteiger partial charge < -0.3 is 0 Å². The molecule has 0 aromatic heterocycles. The van der Waals surface area contributed by atoms with Gasteiger partial charge in [-0.25, -0.2) is 13.2 Å². The number of hydrogen-bond acceptors (Lipinski definition) is 0. The highest BCUT2D eigenvalue weighted by molar-refractivity contribution is 5.65. The van der Waals surface area contributed by atoms with Crippen molar-refractivity contribution in [3.63, 3.8) is 0 Å². The van der Waals surface area contributed by atoms with Crippen LogP contribution in [0, 0.1) is 31.3 Å². The maximum absolute atomic E-state index is 13.7. The predicted octanol–water partition coefficient (Wildman–Crippen LogP) is 5.41. The average Bonchev–Trinajstić information content (AvgIpc) is 2.40. The minimum absolute atomic E-state index is 0.0504. The topological polar surface area (TPSA) is 0 Å². The molecule has 0 spiro atoms. The molecule has 0 N–H and O–H groups in total. The molecule has 0 aliphatic carbocycles. The third-order valence-corrected chi connectivity index (χ3v) is 2.69. The van der Waals surface area contributed by atoms with Crippen LogP contribution in [0.3, 0.4) is 0 Å². The first-order chi connectivity index (χ1) is 9.00. The lowest BCUT2D eigenvalue weighted by Gasteiger charge is -2.08. The molecule has 0 heterocycles. The first-order valence-corrected chi connectivity index (χ1v) is 6.22. The minimum atomic E-state index is -1.01. The monoisotopic (exact) mass is 266 g/mol. The Morgan fingerprint density at radius 3 is 1.89 bits per heavy atom. The van der Waals surface area contributed by atoms with Gasteiger partial charge in [-0.05, 0) is 31.0 Å². The van der Waals surface area contributed by atoms with Gasteiger partial charge in [0.05, 0.1) is 0 Å². The molecular weight excluding hydrogens is 249 g/mol. The third-order valence-electron chi connectivity index (χ3n) is 2.69. The van der Waals surface area contributed by atoms with Crippen molar-refractivity contribution < 1.29 is 13.2 Å². The van der Waals surface area contributed by atoms with E-state index in [-0.39, 0.29) is 16.7 Å². The third kappa shape index (κ3) is 3.16. The van der Waals surface area contributed by atoms with Gasteiger partial charge in [0.25, 0.3) is 0 Å². The van der Waals surface area contributed by atoms with Crippen molar-refractivity contribution in [2.45, 2.75) is 27.7 Å². The fourth-order valence-corrected chi connectivity index (χ4v) is 1.69. The van der Waals surface area contributed by atoms with Crippen LogP contribution in [-0.2, 0) is 0 Å². The molecule has 3 heteroatoms. The zero-order valence-electron chi connectivity index (χ0n) is 11.5. The summed E-state index contributed by atoms with van der Waals surface area (Å²) in [5.41, 5.74) is 0.968. The molecule has 0 atom stereocenters. The predicted molar refractivity (Wildman–Crippen MR) is 72.6 cm³/mol. The van der Waals surface area contributed by atoms with Gasteiger partial charge in [0.1, 0.15) is 5.82 Å². The molecule has 19 heavy (non-hydrogen) atoms. The van der Waals surface area contributed by atoms with Gasteiger partial charge in [0, 0.05) is 11.1 Å². The molecule has 0 aliphatic rings. The zero-order chi connectivity index (χ0) is 14.6. The first-order valence-electron chi connectivity index (χ1n) is 6.22. The second kappa shape index (κ2) is 6.41. The summed E-state index contributed by atoms with van der Waals surface area (Å²) in [6, 6.07) is 7.24. The summed E-state index contributed by atoms with van der Waals surface area (Å²) in [6.45, 7) is 7.20. The minimum Gasteiger partial charge on any atom is -0.206 e. The van der Waals surface area contributed by atoms with Crippen LogP contribution in [0.4, 0.5) is 13.2 Å². The highest BCUT2D eigenvalue weighted by Crippen LogP contribution is 2.28. The number of hydrogen-bond donors (Lipinski definition) is 0. The Labute approximate surface area is 111 Å². The van der Waals surface area contributed by atoms with Gasteiger partial charge in [-0.1, -0.05) is 38.1 Å². The Kier molecular flexibility index (Phi) is 5.16. The highest BCUT2D eigenvalue weighted by Gasteiger charge is 2.15. The molecule has 0 unspecified atom stereocenters. The van der Waals surface area contributed by atoms with Gasteiger partial charge in [-0.2, -0.15) is 0 Å². The van der Waals surface area contributed by atoms with E-state index in [0.717, 1.165) is 5.56 Å². The van der Waals surface area contributed by atoms with E-state index in [1.54, 1.807) is 13.0 Å². The lowest BCUT2D eigenvalue weighted by atomic mass is 10.0. The standard InChI is InChI=1S/C14H11F3.C2H6/c1-8-3-5-10(12(15)7-8)11-6-4-9(2)13(16)14(11)17;1-2/h3-7H,1-2H3;1-2H3. The van der Waals surface area contributed by atoms with Crippen LogP contribution >= 0.6 is 0 Å². The molecule has 102 valence electrons. The van der Waals surface area contributed by atoms with Crippen molar-refractivity contribution in [1.29, 1.82) is 0 Å². The van der Waals surface area contributed by atoms with E-state index >= 15 is 0 Å². The molecule has 0 saturated carbocycles. The summed E-state index contributed by atoms with van der Waals surface area (Å²) < 4.78 is 40.7. The molecule has 0 fully saturated rings. The highest BCUT2D eigenvalue weighted by atomic mass is 19.2. The van der Waals surface area contributed by atoms with Crippen LogP contribution in [0.15, 0.2) is 30.3 Å². The normalized spacial score (nSPS) is 9.84. The lowest BCUT2D eigenvalue weighted by molar-refractivity contribution is 0.504. The van der Waals surface area contributed by atoms with Crippen LogP contribution in [0.2, 0.25) is 0 Å². The molecule has 0 bridgehead atoms. The van der Waals surface area contributed by atoms with E-state index in [9.17, 15) is 13.2 Å². The maximum atomic E-state index is 13.7. The molecule has 2 aromatic carbocycles. The molecule has 0 nitrogen and oxygen atoms in total. The second-order valence-electron chi connectivity index (χ2n) is 4.04. The van der Waals surface area contributed by atoms with E-state index in [1.807, 2.05) is 13.8 Å². The van der Waals surface area contributed by atoms with Gasteiger partial charge in [-0.3, -0.25) is 0 Å². The zero-order valence-corrected chi connectivity index (χ0v) is 11.5. The van der Waals surface area contributed by atoms with Crippen LogP contribution in [0.5, 0.6) is 0 Å². The summed E-state index contributed by atoms with van der Waals surface area (Å²) >= 11 is 0. The van der Waals surface area contributed by atoms with Gasteiger partial charge in [0.15, 0.2) is 11.6 Å². The Bertz CT molecular complexity index is 574. The van der Waals surface area contributed by atoms with E-state index in [2.05, 4.69) is 0 Å². The quantitative estimate of drug-likeness (QED) is 0.647. The van der Waals surface area contributed by atoms with E-state index < -0.39 is 17.5 Å². The maximum Gasteiger partial charge on any atom is 0.167 e. The number of rotatable bonds is 1. The van der Waals surface area contributed by atoms with Gasteiger partial charge >= 0.3 is 0 Å². The van der Waals surface area contributed by atoms with Gasteiger partial charge in [0.2, 0.25) is 0 Å². The fourth-order valence-electron chi connectivity index (χ4n) is 1.69. The first kappa shape index (κ1) is 15.3. The van der Waals surface area contributed by atoms with Gasteiger partial charge in [-0.15, -0.1) is 0 Å². The van der Waals surface area contributed by atoms with Crippen LogP contribution in [0.25, 0.3) is 11.1 Å².